The standard InChI is InChI=1S/C18H24N2O2S/c21-16(7-15-2-1-3-23-15)19-20-17(22)11-18-8-12-4-13(9-18)6-14(5-12)10-18/h1-3,12-14H,4-11H2,(H,19,21)(H,20,22). The molecule has 4 aliphatic carbocycles. The number of carbonyl (C=O) groups is 2. The van der Waals surface area contributed by atoms with Gasteiger partial charge in [0.15, 0.2) is 0 Å². The second-order valence-corrected chi connectivity index (χ2v) is 8.98. The molecule has 1 aromatic heterocycles. The number of thiophene rings is 1. The Morgan fingerprint density at radius 2 is 1.65 bits per heavy atom. The van der Waals surface area contributed by atoms with Crippen LogP contribution in [0.15, 0.2) is 17.5 Å². The van der Waals surface area contributed by atoms with Gasteiger partial charge in [0, 0.05) is 11.3 Å². The maximum Gasteiger partial charge on any atom is 0.243 e. The maximum absolute atomic E-state index is 12.3. The largest absolute Gasteiger partial charge is 0.273 e. The van der Waals surface area contributed by atoms with Gasteiger partial charge in [-0.15, -0.1) is 11.3 Å². The Morgan fingerprint density at radius 1 is 1.04 bits per heavy atom. The summed E-state index contributed by atoms with van der Waals surface area (Å²) in [5.41, 5.74) is 5.43. The molecule has 4 fully saturated rings. The van der Waals surface area contributed by atoms with Gasteiger partial charge in [0.05, 0.1) is 6.42 Å². The van der Waals surface area contributed by atoms with Gasteiger partial charge in [-0.1, -0.05) is 6.07 Å². The predicted octanol–water partition coefficient (Wildman–Crippen LogP) is 3.04. The SMILES string of the molecule is O=C(Cc1cccs1)NNC(=O)CC12CC3CC(CC(C3)C1)C2. The van der Waals surface area contributed by atoms with Crippen LogP contribution in [0.1, 0.15) is 49.8 Å². The molecule has 0 radical (unpaired) electrons. The van der Waals surface area contributed by atoms with Gasteiger partial charge in [0.25, 0.3) is 0 Å². The van der Waals surface area contributed by atoms with E-state index in [4.69, 9.17) is 0 Å². The lowest BCUT2D eigenvalue weighted by molar-refractivity contribution is -0.134. The summed E-state index contributed by atoms with van der Waals surface area (Å²) < 4.78 is 0. The third kappa shape index (κ3) is 3.30. The lowest BCUT2D eigenvalue weighted by Crippen LogP contribution is -2.50. The van der Waals surface area contributed by atoms with Crippen molar-refractivity contribution in [1.29, 1.82) is 0 Å². The molecule has 0 aliphatic heterocycles. The molecule has 0 saturated heterocycles. The van der Waals surface area contributed by atoms with E-state index in [0.717, 1.165) is 22.6 Å². The van der Waals surface area contributed by atoms with Gasteiger partial charge in [-0.2, -0.15) is 0 Å². The second-order valence-electron chi connectivity index (χ2n) is 7.95. The minimum atomic E-state index is -0.147. The third-order valence-electron chi connectivity index (χ3n) is 5.96. The molecule has 0 unspecified atom stereocenters. The zero-order chi connectivity index (χ0) is 15.9. The number of hydrazine groups is 1. The van der Waals surface area contributed by atoms with Crippen LogP contribution >= 0.6 is 11.3 Å². The van der Waals surface area contributed by atoms with Crippen LogP contribution in [-0.2, 0) is 16.0 Å². The van der Waals surface area contributed by atoms with E-state index < -0.39 is 0 Å². The molecule has 0 atom stereocenters. The van der Waals surface area contributed by atoms with Gasteiger partial charge in [-0.05, 0) is 73.1 Å². The summed E-state index contributed by atoms with van der Waals surface area (Å²) in [7, 11) is 0. The number of hydrogen-bond donors (Lipinski definition) is 2. The Bertz CT molecular complexity index is 561. The molecule has 23 heavy (non-hydrogen) atoms. The van der Waals surface area contributed by atoms with Crippen molar-refractivity contribution in [3.63, 3.8) is 0 Å². The van der Waals surface area contributed by atoms with Crippen LogP contribution in [0, 0.1) is 23.2 Å². The maximum atomic E-state index is 12.3. The topological polar surface area (TPSA) is 58.2 Å². The van der Waals surface area contributed by atoms with Crippen molar-refractivity contribution in [2.24, 2.45) is 23.2 Å². The van der Waals surface area contributed by atoms with Crippen LogP contribution in [0.4, 0.5) is 0 Å². The highest BCUT2D eigenvalue weighted by Gasteiger charge is 2.51. The summed E-state index contributed by atoms with van der Waals surface area (Å²) in [6, 6.07) is 3.86. The van der Waals surface area contributed by atoms with Crippen molar-refractivity contribution in [2.75, 3.05) is 0 Å². The van der Waals surface area contributed by atoms with E-state index in [0.29, 0.717) is 12.8 Å². The lowest BCUT2D eigenvalue weighted by Gasteiger charge is -2.56. The van der Waals surface area contributed by atoms with Gasteiger partial charge in [0.1, 0.15) is 0 Å². The molecule has 5 rings (SSSR count). The Balaban J connectivity index is 1.28. The van der Waals surface area contributed by atoms with E-state index in [9.17, 15) is 9.59 Å². The van der Waals surface area contributed by atoms with Crippen molar-refractivity contribution >= 4 is 23.2 Å². The summed E-state index contributed by atoms with van der Waals surface area (Å²) in [5, 5.41) is 1.95. The first-order valence-corrected chi connectivity index (χ1v) is 9.58. The van der Waals surface area contributed by atoms with Gasteiger partial charge >= 0.3 is 0 Å². The first-order chi connectivity index (χ1) is 11.1. The molecular formula is C18H24N2O2S. The van der Waals surface area contributed by atoms with Gasteiger partial charge in [-0.3, -0.25) is 20.4 Å². The van der Waals surface area contributed by atoms with E-state index in [2.05, 4.69) is 10.9 Å². The van der Waals surface area contributed by atoms with Gasteiger partial charge in [-0.25, -0.2) is 0 Å². The normalized spacial score (nSPS) is 34.3. The van der Waals surface area contributed by atoms with E-state index in [1.807, 2.05) is 17.5 Å². The third-order valence-corrected chi connectivity index (χ3v) is 6.83. The Morgan fingerprint density at radius 3 is 2.22 bits per heavy atom. The zero-order valence-electron chi connectivity index (χ0n) is 13.3. The highest BCUT2D eigenvalue weighted by atomic mass is 32.1. The highest BCUT2D eigenvalue weighted by molar-refractivity contribution is 7.10. The molecule has 4 saturated carbocycles. The molecule has 1 aromatic rings. The fourth-order valence-electron chi connectivity index (χ4n) is 5.65. The molecule has 2 amide bonds. The molecule has 124 valence electrons. The molecule has 4 nitrogen and oxygen atoms in total. The molecule has 2 N–H and O–H groups in total. The summed E-state index contributed by atoms with van der Waals surface area (Å²) in [4.78, 5) is 25.2. The van der Waals surface area contributed by atoms with Crippen LogP contribution in [0.3, 0.4) is 0 Å². The average Bonchev–Trinajstić information content (AvgIpc) is 2.96. The number of amides is 2. The Labute approximate surface area is 141 Å². The quantitative estimate of drug-likeness (QED) is 0.833. The fourth-order valence-corrected chi connectivity index (χ4v) is 6.35. The minimum absolute atomic E-state index is 0.0218. The van der Waals surface area contributed by atoms with Gasteiger partial charge < -0.3 is 0 Å². The summed E-state index contributed by atoms with van der Waals surface area (Å²) in [6.45, 7) is 0. The molecule has 0 spiro atoms. The van der Waals surface area contributed by atoms with Gasteiger partial charge in [0.2, 0.25) is 11.8 Å². The van der Waals surface area contributed by atoms with Crippen molar-refractivity contribution < 1.29 is 9.59 Å². The molecule has 4 aliphatic rings. The number of hydrogen-bond acceptors (Lipinski definition) is 3. The van der Waals surface area contributed by atoms with E-state index in [-0.39, 0.29) is 17.2 Å². The van der Waals surface area contributed by atoms with Crippen LogP contribution in [-0.4, -0.2) is 11.8 Å². The molecule has 1 heterocycles. The number of carbonyl (C=O) groups excluding carboxylic acids is 2. The fraction of sp³-hybridized carbons (Fsp3) is 0.667. The first-order valence-electron chi connectivity index (χ1n) is 8.70. The lowest BCUT2D eigenvalue weighted by atomic mass is 9.49. The van der Waals surface area contributed by atoms with Crippen LogP contribution in [0.2, 0.25) is 0 Å². The number of rotatable bonds is 4. The van der Waals surface area contributed by atoms with Crippen molar-refractivity contribution in [2.45, 2.75) is 51.4 Å². The molecule has 5 heteroatoms. The van der Waals surface area contributed by atoms with Crippen LogP contribution in [0.5, 0.6) is 0 Å². The summed E-state index contributed by atoms with van der Waals surface area (Å²) in [5.74, 6) is 2.38. The molecule has 0 aromatic carbocycles. The van der Waals surface area contributed by atoms with Crippen LogP contribution in [0.25, 0.3) is 0 Å². The first kappa shape index (κ1) is 15.2. The minimum Gasteiger partial charge on any atom is -0.273 e. The zero-order valence-corrected chi connectivity index (χ0v) is 14.2. The molecule has 4 bridgehead atoms. The van der Waals surface area contributed by atoms with Crippen LogP contribution < -0.4 is 10.9 Å². The van der Waals surface area contributed by atoms with E-state index in [1.54, 1.807) is 11.3 Å². The number of nitrogens with one attached hydrogen (secondary N) is 2. The van der Waals surface area contributed by atoms with E-state index in [1.165, 1.54) is 38.5 Å². The Hall–Kier alpha value is -1.36. The van der Waals surface area contributed by atoms with Crippen molar-refractivity contribution in [1.82, 2.24) is 10.9 Å². The highest BCUT2D eigenvalue weighted by Crippen LogP contribution is 2.61. The van der Waals surface area contributed by atoms with Crippen molar-refractivity contribution in [3.05, 3.63) is 22.4 Å². The van der Waals surface area contributed by atoms with E-state index >= 15 is 0 Å². The monoisotopic (exact) mass is 332 g/mol. The smallest absolute Gasteiger partial charge is 0.243 e. The predicted molar refractivity (Wildman–Crippen MR) is 89.5 cm³/mol. The second kappa shape index (κ2) is 5.93. The summed E-state index contributed by atoms with van der Waals surface area (Å²) >= 11 is 1.56. The van der Waals surface area contributed by atoms with Crippen molar-refractivity contribution in [3.8, 4) is 0 Å². The average molecular weight is 332 g/mol. The summed E-state index contributed by atoms with van der Waals surface area (Å²) in [6.07, 6.45) is 8.72. The Kier molecular flexibility index (Phi) is 3.92. The molecular weight excluding hydrogens is 308 g/mol.